The van der Waals surface area contributed by atoms with Crippen LogP contribution in [0.15, 0.2) is 35.1 Å². The van der Waals surface area contributed by atoms with Crippen molar-refractivity contribution in [1.82, 2.24) is 0 Å². The Morgan fingerprint density at radius 2 is 1.92 bits per heavy atom. The maximum Gasteiger partial charge on any atom is 0.201 e. The van der Waals surface area contributed by atoms with E-state index in [1.54, 1.807) is 0 Å². The molecule has 1 saturated carbocycles. The number of rotatable bonds is 2. The predicted molar refractivity (Wildman–Crippen MR) is 94.5 cm³/mol. The van der Waals surface area contributed by atoms with Gasteiger partial charge in [0.1, 0.15) is 0 Å². The molecule has 0 spiro atoms. The smallest absolute Gasteiger partial charge is 0.201 e. The highest BCUT2D eigenvalue weighted by Crippen LogP contribution is 2.59. The highest BCUT2D eigenvalue weighted by molar-refractivity contribution is 6.00. The third-order valence-electron chi connectivity index (χ3n) is 6.55. The van der Waals surface area contributed by atoms with Crippen molar-refractivity contribution < 1.29 is 14.7 Å². The largest absolute Gasteiger partial charge is 0.504 e. The summed E-state index contributed by atoms with van der Waals surface area (Å²) in [7, 11) is 0. The first-order valence-corrected chi connectivity index (χ1v) is 9.04. The van der Waals surface area contributed by atoms with E-state index >= 15 is 0 Å². The first kappa shape index (κ1) is 17.2. The molecule has 3 nitrogen and oxygen atoms in total. The number of aliphatic hydroxyl groups is 1. The molecule has 24 heavy (non-hydrogen) atoms. The number of hydrogen-bond acceptors (Lipinski definition) is 3. The third kappa shape index (κ3) is 2.49. The van der Waals surface area contributed by atoms with Gasteiger partial charge in [-0.15, -0.1) is 0 Å². The van der Waals surface area contributed by atoms with E-state index < -0.39 is 0 Å². The summed E-state index contributed by atoms with van der Waals surface area (Å²) in [6.07, 6.45) is 10.4. The molecular weight excluding hydrogens is 300 g/mol. The molecule has 1 N–H and O–H groups in total. The minimum atomic E-state index is -0.201. The number of Topliss-reactive ketones (excluding diaryl/α,β-unsaturated/α-hetero) is 2. The number of ketones is 2. The van der Waals surface area contributed by atoms with Crippen molar-refractivity contribution in [2.24, 2.45) is 22.7 Å². The fourth-order valence-corrected chi connectivity index (χ4v) is 5.41. The zero-order valence-corrected chi connectivity index (χ0v) is 15.2. The topological polar surface area (TPSA) is 54.4 Å². The van der Waals surface area contributed by atoms with Crippen LogP contribution < -0.4 is 0 Å². The highest BCUT2D eigenvalue weighted by atomic mass is 16.3. The minimum Gasteiger partial charge on any atom is -0.504 e. The summed E-state index contributed by atoms with van der Waals surface area (Å²) in [5.41, 5.74) is 1.20. The first-order chi connectivity index (χ1) is 11.2. The second kappa shape index (κ2) is 5.72. The Morgan fingerprint density at radius 1 is 1.21 bits per heavy atom. The summed E-state index contributed by atoms with van der Waals surface area (Å²) < 4.78 is 0. The Labute approximate surface area is 144 Å². The van der Waals surface area contributed by atoms with Crippen molar-refractivity contribution in [3.8, 4) is 0 Å². The van der Waals surface area contributed by atoms with Crippen LogP contribution in [0.5, 0.6) is 0 Å². The zero-order valence-electron chi connectivity index (χ0n) is 15.2. The van der Waals surface area contributed by atoms with E-state index in [1.807, 2.05) is 19.1 Å². The fraction of sp³-hybridized carbons (Fsp3) is 0.619. The lowest BCUT2D eigenvalue weighted by Crippen LogP contribution is -2.53. The molecule has 0 heterocycles. The van der Waals surface area contributed by atoms with Crippen LogP contribution in [0.1, 0.15) is 59.8 Å². The lowest BCUT2D eigenvalue weighted by atomic mass is 9.48. The van der Waals surface area contributed by atoms with E-state index in [-0.39, 0.29) is 40.0 Å². The lowest BCUT2D eigenvalue weighted by Gasteiger charge is -2.55. The van der Waals surface area contributed by atoms with Crippen LogP contribution in [0, 0.1) is 22.7 Å². The number of aliphatic hydroxyl groups excluding tert-OH is 1. The van der Waals surface area contributed by atoms with Crippen molar-refractivity contribution in [3.63, 3.8) is 0 Å². The molecule has 0 aromatic rings. The minimum absolute atomic E-state index is 0.00549. The van der Waals surface area contributed by atoms with Crippen molar-refractivity contribution in [2.45, 2.75) is 59.8 Å². The summed E-state index contributed by atoms with van der Waals surface area (Å²) in [5, 5.41) is 10.5. The van der Waals surface area contributed by atoms with Crippen LogP contribution in [-0.2, 0) is 9.59 Å². The Hall–Kier alpha value is -1.64. The number of fused-ring (bicyclic) bond motifs is 1. The summed E-state index contributed by atoms with van der Waals surface area (Å²) in [5.74, 6) is -0.150. The molecule has 3 aliphatic carbocycles. The average Bonchev–Trinajstić information content (AvgIpc) is 2.89. The van der Waals surface area contributed by atoms with Crippen LogP contribution in [0.3, 0.4) is 0 Å². The standard InChI is InChI=1S/C21H28O3/c1-13-15(10-9-14-7-5-8-16(14)22)21(4)12-6-11-20(2,3)19(21)18(24)17(13)23/h7,9-10,15,19,23H,5-6,8,11-12H2,1-4H3. The average molecular weight is 328 g/mol. The van der Waals surface area contributed by atoms with Gasteiger partial charge in [0.25, 0.3) is 0 Å². The second-order valence-corrected chi connectivity index (χ2v) is 8.63. The van der Waals surface area contributed by atoms with Gasteiger partial charge in [0, 0.05) is 23.8 Å². The van der Waals surface area contributed by atoms with Crippen molar-refractivity contribution in [1.29, 1.82) is 0 Å². The molecule has 0 aromatic carbocycles. The molecule has 130 valence electrons. The van der Waals surface area contributed by atoms with E-state index in [4.69, 9.17) is 0 Å². The van der Waals surface area contributed by atoms with E-state index in [1.165, 1.54) is 0 Å². The van der Waals surface area contributed by atoms with E-state index in [0.717, 1.165) is 36.8 Å². The molecule has 0 aromatic heterocycles. The van der Waals surface area contributed by atoms with Crippen LogP contribution >= 0.6 is 0 Å². The van der Waals surface area contributed by atoms with Crippen LogP contribution in [0.25, 0.3) is 0 Å². The van der Waals surface area contributed by atoms with Crippen molar-refractivity contribution >= 4 is 11.6 Å². The van der Waals surface area contributed by atoms with Gasteiger partial charge < -0.3 is 5.11 Å². The van der Waals surface area contributed by atoms with Crippen LogP contribution in [-0.4, -0.2) is 16.7 Å². The van der Waals surface area contributed by atoms with Gasteiger partial charge in [-0.3, -0.25) is 9.59 Å². The van der Waals surface area contributed by atoms with Gasteiger partial charge in [-0.25, -0.2) is 0 Å². The van der Waals surface area contributed by atoms with Gasteiger partial charge in [-0.2, -0.15) is 0 Å². The number of hydrogen-bond donors (Lipinski definition) is 1. The molecular formula is C21H28O3. The molecule has 0 amide bonds. The molecule has 1 fully saturated rings. The Morgan fingerprint density at radius 3 is 2.54 bits per heavy atom. The summed E-state index contributed by atoms with van der Waals surface area (Å²) in [6.45, 7) is 8.33. The second-order valence-electron chi connectivity index (χ2n) is 8.63. The monoisotopic (exact) mass is 328 g/mol. The van der Waals surface area contributed by atoms with Gasteiger partial charge in [-0.1, -0.05) is 45.4 Å². The Kier molecular flexibility index (Phi) is 4.09. The quantitative estimate of drug-likeness (QED) is 0.799. The normalized spacial score (nSPS) is 36.2. The third-order valence-corrected chi connectivity index (χ3v) is 6.55. The zero-order chi connectivity index (χ0) is 17.7. The molecule has 0 bridgehead atoms. The van der Waals surface area contributed by atoms with Gasteiger partial charge in [-0.05, 0) is 42.6 Å². The SMILES string of the molecule is CC1=C(O)C(=O)C2C(C)(C)CCCC2(C)C1C=CC1=CCCC1=O. The first-order valence-electron chi connectivity index (χ1n) is 9.04. The van der Waals surface area contributed by atoms with Crippen molar-refractivity contribution in [2.75, 3.05) is 0 Å². The fourth-order valence-electron chi connectivity index (χ4n) is 5.41. The summed E-state index contributed by atoms with van der Waals surface area (Å²) in [6, 6.07) is 0. The van der Waals surface area contributed by atoms with E-state index in [9.17, 15) is 14.7 Å². The van der Waals surface area contributed by atoms with Gasteiger partial charge in [0.05, 0.1) is 0 Å². The molecule has 0 saturated heterocycles. The lowest BCUT2D eigenvalue weighted by molar-refractivity contribution is -0.139. The van der Waals surface area contributed by atoms with Gasteiger partial charge in [0.2, 0.25) is 5.78 Å². The number of carbonyl (C=O) groups excluding carboxylic acids is 2. The maximum atomic E-state index is 12.9. The van der Waals surface area contributed by atoms with Crippen molar-refractivity contribution in [3.05, 3.63) is 35.1 Å². The number of carbonyl (C=O) groups is 2. The van der Waals surface area contributed by atoms with Gasteiger partial charge in [0.15, 0.2) is 11.5 Å². The molecule has 3 rings (SSSR count). The Bertz CT molecular complexity index is 677. The van der Waals surface area contributed by atoms with Crippen LogP contribution in [0.2, 0.25) is 0 Å². The highest BCUT2D eigenvalue weighted by Gasteiger charge is 2.57. The summed E-state index contributed by atoms with van der Waals surface area (Å²) in [4.78, 5) is 24.7. The maximum absolute atomic E-state index is 12.9. The van der Waals surface area contributed by atoms with E-state index in [0.29, 0.717) is 6.42 Å². The summed E-state index contributed by atoms with van der Waals surface area (Å²) >= 11 is 0. The molecule has 3 unspecified atom stereocenters. The van der Waals surface area contributed by atoms with Gasteiger partial charge >= 0.3 is 0 Å². The number of allylic oxidation sites excluding steroid dienone is 6. The molecule has 3 heteroatoms. The molecule has 3 atom stereocenters. The van der Waals surface area contributed by atoms with Crippen LogP contribution in [0.4, 0.5) is 0 Å². The Balaban J connectivity index is 2.05. The molecule has 0 aliphatic heterocycles. The van der Waals surface area contributed by atoms with E-state index in [2.05, 4.69) is 26.8 Å². The molecule has 0 radical (unpaired) electrons. The predicted octanol–water partition coefficient (Wildman–Crippen LogP) is 4.70. The molecule has 3 aliphatic rings.